The highest BCUT2D eigenvalue weighted by Crippen LogP contribution is 2.32. The van der Waals surface area contributed by atoms with Gasteiger partial charge in [-0.15, -0.1) is 0 Å². The van der Waals surface area contributed by atoms with Gasteiger partial charge in [0.2, 0.25) is 23.6 Å². The number of imide groups is 1. The van der Waals surface area contributed by atoms with Crippen LogP contribution in [-0.2, 0) is 36.9 Å². The quantitative estimate of drug-likeness (QED) is 0.0436. The van der Waals surface area contributed by atoms with E-state index in [4.69, 9.17) is 9.47 Å². The van der Waals surface area contributed by atoms with Crippen LogP contribution in [0.15, 0.2) is 77.9 Å². The standard InChI is InChI=1S/C45H51N9O7/c1-30-8-6-9-32(26-30)28-46-52-38-27-39(53-21-24-60-25-22-53)50-45(49-38)61-23-20-31-14-16-33(17-15-31)47-40(55)12-4-2-3-5-13-41(56)48-36-11-7-10-34-35(36)29-54(44(34)59)37-18-19-42(57)51-43(37)58/h6-11,14-17,26-28,37H,2-5,12-13,18-25,29H2,1H3,(H,47,55)(H,48,56)(H,49,50,52)(H,51,57,58)/b46-28+. The Bertz CT molecular complexity index is 2260. The first-order valence-corrected chi connectivity index (χ1v) is 20.8. The van der Waals surface area contributed by atoms with Gasteiger partial charge in [-0.2, -0.15) is 15.1 Å². The van der Waals surface area contributed by atoms with Crippen molar-refractivity contribution in [1.29, 1.82) is 0 Å². The van der Waals surface area contributed by atoms with Gasteiger partial charge in [0.25, 0.3) is 5.91 Å². The Morgan fingerprint density at radius 2 is 1.67 bits per heavy atom. The fourth-order valence-electron chi connectivity index (χ4n) is 7.49. The van der Waals surface area contributed by atoms with E-state index in [0.29, 0.717) is 93.3 Å². The van der Waals surface area contributed by atoms with Crippen LogP contribution >= 0.6 is 0 Å². The molecule has 4 aromatic rings. The van der Waals surface area contributed by atoms with Crippen LogP contribution in [0.5, 0.6) is 6.01 Å². The number of hydrogen-bond acceptors (Lipinski definition) is 12. The van der Waals surface area contributed by atoms with E-state index in [9.17, 15) is 24.0 Å². The molecule has 0 spiro atoms. The van der Waals surface area contributed by atoms with Crippen LogP contribution in [-0.4, -0.2) is 89.6 Å². The predicted molar refractivity (Wildman–Crippen MR) is 231 cm³/mol. The number of piperidine rings is 1. The van der Waals surface area contributed by atoms with Gasteiger partial charge >= 0.3 is 6.01 Å². The number of carbonyl (C=O) groups excluding carboxylic acids is 5. The Morgan fingerprint density at radius 1 is 0.918 bits per heavy atom. The van der Waals surface area contributed by atoms with Crippen molar-refractivity contribution >= 4 is 58.8 Å². The third-order valence-corrected chi connectivity index (χ3v) is 10.7. The molecular formula is C45H51N9O7. The zero-order chi connectivity index (χ0) is 42.6. The summed E-state index contributed by atoms with van der Waals surface area (Å²) < 4.78 is 11.5. The van der Waals surface area contributed by atoms with Crippen LogP contribution in [0.3, 0.4) is 0 Å². The highest BCUT2D eigenvalue weighted by Gasteiger charge is 2.40. The number of hydrazone groups is 1. The van der Waals surface area contributed by atoms with E-state index in [1.165, 1.54) is 4.90 Å². The molecule has 3 aromatic carbocycles. The zero-order valence-electron chi connectivity index (χ0n) is 34.3. The number of anilines is 4. The molecule has 0 saturated carbocycles. The molecule has 1 unspecified atom stereocenters. The van der Waals surface area contributed by atoms with E-state index in [2.05, 4.69) is 41.3 Å². The Labute approximate surface area is 354 Å². The third kappa shape index (κ3) is 11.8. The van der Waals surface area contributed by atoms with Crippen LogP contribution < -0.4 is 31.0 Å². The molecule has 61 heavy (non-hydrogen) atoms. The van der Waals surface area contributed by atoms with Crippen molar-refractivity contribution in [2.75, 3.05) is 53.9 Å². The summed E-state index contributed by atoms with van der Waals surface area (Å²) in [6.07, 6.45) is 6.41. The van der Waals surface area contributed by atoms with Crippen LogP contribution in [0.1, 0.15) is 84.0 Å². The summed E-state index contributed by atoms with van der Waals surface area (Å²) in [5, 5.41) is 12.6. The summed E-state index contributed by atoms with van der Waals surface area (Å²) in [4.78, 5) is 75.3. The molecule has 16 heteroatoms. The number of rotatable bonds is 18. The molecule has 0 radical (unpaired) electrons. The topological polar surface area (TPSA) is 197 Å². The molecule has 3 aliphatic heterocycles. The number of aromatic nitrogens is 2. The van der Waals surface area contributed by atoms with E-state index < -0.39 is 11.9 Å². The number of fused-ring (bicyclic) bond motifs is 1. The molecular weight excluding hydrogens is 779 g/mol. The number of morpholine rings is 1. The lowest BCUT2D eigenvalue weighted by Crippen LogP contribution is -2.52. The van der Waals surface area contributed by atoms with Crippen molar-refractivity contribution in [3.63, 3.8) is 0 Å². The number of nitrogens with one attached hydrogen (secondary N) is 4. The first-order chi connectivity index (χ1) is 29.7. The highest BCUT2D eigenvalue weighted by molar-refractivity contribution is 6.06. The van der Waals surface area contributed by atoms with Gasteiger partial charge in [0.05, 0.1) is 26.0 Å². The number of benzene rings is 3. The lowest BCUT2D eigenvalue weighted by Gasteiger charge is -2.29. The van der Waals surface area contributed by atoms with Gasteiger partial charge in [-0.3, -0.25) is 34.7 Å². The average molecular weight is 830 g/mol. The molecule has 0 aliphatic carbocycles. The second-order valence-electron chi connectivity index (χ2n) is 15.3. The van der Waals surface area contributed by atoms with E-state index in [0.717, 1.165) is 35.3 Å². The van der Waals surface area contributed by atoms with Crippen molar-refractivity contribution in [2.24, 2.45) is 5.10 Å². The molecule has 2 fully saturated rings. The van der Waals surface area contributed by atoms with Crippen molar-refractivity contribution in [2.45, 2.75) is 77.3 Å². The fourth-order valence-corrected chi connectivity index (χ4v) is 7.49. The minimum absolute atomic E-state index is 0.0717. The summed E-state index contributed by atoms with van der Waals surface area (Å²) in [5.41, 5.74) is 8.55. The van der Waals surface area contributed by atoms with Gasteiger partial charge in [-0.25, -0.2) is 0 Å². The van der Waals surface area contributed by atoms with Crippen molar-refractivity contribution < 1.29 is 33.4 Å². The smallest absolute Gasteiger partial charge is 0.320 e. The summed E-state index contributed by atoms with van der Waals surface area (Å²) in [6.45, 7) is 5.25. The molecule has 16 nitrogen and oxygen atoms in total. The van der Waals surface area contributed by atoms with E-state index in [1.807, 2.05) is 61.5 Å². The molecule has 3 aliphatic rings. The van der Waals surface area contributed by atoms with Crippen LogP contribution in [0, 0.1) is 6.92 Å². The zero-order valence-corrected chi connectivity index (χ0v) is 34.3. The normalized spacial score (nSPS) is 16.3. The highest BCUT2D eigenvalue weighted by atomic mass is 16.5. The average Bonchev–Trinajstić information content (AvgIpc) is 3.59. The second-order valence-corrected chi connectivity index (χ2v) is 15.3. The Morgan fingerprint density at radius 3 is 2.43 bits per heavy atom. The lowest BCUT2D eigenvalue weighted by molar-refractivity contribution is -0.137. The van der Waals surface area contributed by atoms with Gasteiger partial charge in [-0.05, 0) is 61.6 Å². The summed E-state index contributed by atoms with van der Waals surface area (Å²) in [5.74, 6) is -0.0828. The van der Waals surface area contributed by atoms with Crippen LogP contribution in [0.4, 0.5) is 23.0 Å². The number of aryl methyl sites for hydroxylation is 1. The van der Waals surface area contributed by atoms with Crippen molar-refractivity contribution in [3.8, 4) is 6.01 Å². The van der Waals surface area contributed by atoms with Gasteiger partial charge in [-0.1, -0.05) is 60.9 Å². The molecule has 7 rings (SSSR count). The number of ether oxygens (including phenoxy) is 2. The molecule has 5 amide bonds. The summed E-state index contributed by atoms with van der Waals surface area (Å²) in [7, 11) is 0. The monoisotopic (exact) mass is 829 g/mol. The van der Waals surface area contributed by atoms with Gasteiger partial charge in [0.1, 0.15) is 11.9 Å². The number of carbonyl (C=O) groups is 5. The Hall–Kier alpha value is -6.68. The van der Waals surface area contributed by atoms with Crippen LogP contribution in [0.25, 0.3) is 0 Å². The molecule has 318 valence electrons. The van der Waals surface area contributed by atoms with Gasteiger partial charge in [0.15, 0.2) is 5.82 Å². The van der Waals surface area contributed by atoms with Crippen molar-refractivity contribution in [1.82, 2.24) is 20.2 Å². The molecule has 0 bridgehead atoms. The minimum atomic E-state index is -0.720. The van der Waals surface area contributed by atoms with E-state index in [-0.39, 0.29) is 49.0 Å². The Kier molecular flexibility index (Phi) is 14.3. The van der Waals surface area contributed by atoms with Crippen molar-refractivity contribution in [3.05, 3.63) is 101 Å². The SMILES string of the molecule is Cc1cccc(/C=N/Nc2cc(N3CCOCC3)nc(OCCc3ccc(NC(=O)CCCCCCC(=O)Nc4cccc5c4CN(C4CCC(=O)NC4=O)C5=O)cc3)n2)c1. The first-order valence-electron chi connectivity index (χ1n) is 20.8. The third-order valence-electron chi connectivity index (χ3n) is 10.7. The maximum atomic E-state index is 13.1. The first kappa shape index (κ1) is 42.4. The van der Waals surface area contributed by atoms with Gasteiger partial charge < -0.3 is 29.9 Å². The van der Waals surface area contributed by atoms with E-state index in [1.54, 1.807) is 24.4 Å². The van der Waals surface area contributed by atoms with Crippen LogP contribution in [0.2, 0.25) is 0 Å². The minimum Gasteiger partial charge on any atom is -0.463 e. The summed E-state index contributed by atoms with van der Waals surface area (Å²) >= 11 is 0. The Balaban J connectivity index is 0.798. The van der Waals surface area contributed by atoms with Gasteiger partial charge in [0, 0.05) is 73.9 Å². The maximum Gasteiger partial charge on any atom is 0.320 e. The molecule has 2 saturated heterocycles. The molecule has 4 heterocycles. The number of unbranched alkanes of at least 4 members (excludes halogenated alkanes) is 3. The second kappa shape index (κ2) is 20.5. The molecule has 1 atom stereocenters. The lowest BCUT2D eigenvalue weighted by atomic mass is 10.0. The fraction of sp³-hybridized carbons (Fsp3) is 0.378. The van der Waals surface area contributed by atoms with E-state index >= 15 is 0 Å². The maximum absolute atomic E-state index is 13.1. The number of amides is 5. The molecule has 1 aromatic heterocycles. The number of hydrogen-bond donors (Lipinski definition) is 4. The molecule has 4 N–H and O–H groups in total. The summed E-state index contributed by atoms with van der Waals surface area (Å²) in [6, 6.07) is 22.2. The number of nitrogens with zero attached hydrogens (tertiary/aromatic N) is 5. The predicted octanol–water partition coefficient (Wildman–Crippen LogP) is 5.37. The largest absolute Gasteiger partial charge is 0.463 e.